The van der Waals surface area contributed by atoms with Gasteiger partial charge in [0, 0.05) is 38.0 Å². The van der Waals surface area contributed by atoms with E-state index in [1.807, 2.05) is 0 Å². The molecule has 0 spiro atoms. The van der Waals surface area contributed by atoms with E-state index in [-0.39, 0.29) is 48.1 Å². The van der Waals surface area contributed by atoms with E-state index in [2.05, 4.69) is 74.6 Å². The fourth-order valence-electron chi connectivity index (χ4n) is 13.3. The van der Waals surface area contributed by atoms with Gasteiger partial charge in [-0.25, -0.2) is 0 Å². The number of nitrogens with zero attached hydrogens (tertiary/aromatic N) is 1. The average Bonchev–Trinajstić information content (AvgIpc) is 3.67. The Balaban J connectivity index is 1.45. The first-order valence-corrected chi connectivity index (χ1v) is 28.3. The number of amides is 1. The van der Waals surface area contributed by atoms with Crippen LogP contribution in [-0.4, -0.2) is 84.4 Å². The van der Waals surface area contributed by atoms with Gasteiger partial charge in [-0.1, -0.05) is 126 Å². The van der Waals surface area contributed by atoms with Crippen molar-refractivity contribution in [2.75, 3.05) is 39.3 Å². The van der Waals surface area contributed by atoms with Crippen molar-refractivity contribution in [2.45, 2.75) is 228 Å². The second-order valence-corrected chi connectivity index (χ2v) is 22.5. The van der Waals surface area contributed by atoms with Gasteiger partial charge in [0.2, 0.25) is 5.91 Å². The molecule has 4 saturated carbocycles. The van der Waals surface area contributed by atoms with Gasteiger partial charge in [0.25, 0.3) is 0 Å². The number of thiocarbonyl (C=S) groups is 2. The number of rotatable bonds is 30. The van der Waals surface area contributed by atoms with Crippen LogP contribution in [0.1, 0.15) is 215 Å². The minimum atomic E-state index is -0.248. The summed E-state index contributed by atoms with van der Waals surface area (Å²) in [5.41, 5.74) is -0.0971. The second kappa shape index (κ2) is 29.7. The van der Waals surface area contributed by atoms with E-state index in [4.69, 9.17) is 33.9 Å². The SMILES string of the molecule is CCCCCCCCN(CCCCCCCC)C(=O)CC[C@@H](C)[C@H]1CC[C@H]2[C@@H]3CC[C@@H]4C[C@H](OC(=O)CNC(=S)NCCCC)CC[C@]4(C)[C@H]3C[C@H](OC(=O)CNC(=S)NCCCC)[C@]12C. The van der Waals surface area contributed by atoms with Crippen LogP contribution in [0, 0.1) is 46.3 Å². The number of carbonyl (C=O) groups is 3. The summed E-state index contributed by atoms with van der Waals surface area (Å²) in [4.78, 5) is 43.2. The molecule has 0 unspecified atom stereocenters. The summed E-state index contributed by atoms with van der Waals surface area (Å²) in [6.07, 6.45) is 28.3. The third-order valence-electron chi connectivity index (χ3n) is 17.2. The first-order valence-electron chi connectivity index (χ1n) is 27.5. The van der Waals surface area contributed by atoms with Crippen LogP contribution in [0.3, 0.4) is 0 Å². The maximum atomic E-state index is 14.1. The molecule has 10 nitrogen and oxygen atoms in total. The molecule has 4 N–H and O–H groups in total. The van der Waals surface area contributed by atoms with Gasteiger partial charge in [-0.3, -0.25) is 14.4 Å². The third kappa shape index (κ3) is 16.7. The standard InChI is InChI=1S/C54H97N5O5S2/c1-8-12-16-18-20-22-34-59(35-23-21-19-17-13-9-2)48(60)29-24-40(5)44-27-28-45-43-26-25-41-36-42(63-49(61)38-57-51(65)55-32-14-10-3)30-31-53(41,6)46(43)37-47(54(44,45)7)64-50(62)39-58-52(66)56-33-15-11-4/h40-47H,8-39H2,1-7H3,(H2,55,57,65)(H2,56,58,66)/t40-,41-,42-,43+,44-,45+,46+,47+,53+,54-/m1/s1. The van der Waals surface area contributed by atoms with E-state index in [9.17, 15) is 14.4 Å². The molecule has 0 bridgehead atoms. The van der Waals surface area contributed by atoms with Crippen LogP contribution in [0.4, 0.5) is 0 Å². The number of unbranched alkanes of at least 4 members (excludes halogenated alkanes) is 12. The second-order valence-electron chi connectivity index (χ2n) is 21.7. The smallest absolute Gasteiger partial charge is 0.325 e. The van der Waals surface area contributed by atoms with Gasteiger partial charge >= 0.3 is 11.9 Å². The highest BCUT2D eigenvalue weighted by molar-refractivity contribution is 7.80. The summed E-state index contributed by atoms with van der Waals surface area (Å²) in [6, 6.07) is 0. The molecule has 380 valence electrons. The minimum absolute atomic E-state index is 0.0480. The average molecular weight is 961 g/mol. The lowest BCUT2D eigenvalue weighted by Crippen LogP contribution is -2.60. The molecule has 0 radical (unpaired) electrons. The Bertz CT molecular complexity index is 1470. The van der Waals surface area contributed by atoms with E-state index in [0.717, 1.165) is 122 Å². The zero-order valence-corrected chi connectivity index (χ0v) is 44.7. The Hall–Kier alpha value is -2.21. The fourth-order valence-corrected chi connectivity index (χ4v) is 13.6. The summed E-state index contributed by atoms with van der Waals surface area (Å²) in [5.74, 6) is 2.44. The summed E-state index contributed by atoms with van der Waals surface area (Å²) >= 11 is 10.9. The van der Waals surface area contributed by atoms with Crippen molar-refractivity contribution in [3.63, 3.8) is 0 Å². The van der Waals surface area contributed by atoms with Gasteiger partial charge in [0.05, 0.1) is 0 Å². The highest BCUT2D eigenvalue weighted by Crippen LogP contribution is 2.69. The van der Waals surface area contributed by atoms with Gasteiger partial charge in [0.15, 0.2) is 10.2 Å². The van der Waals surface area contributed by atoms with Crippen LogP contribution in [0.25, 0.3) is 0 Å². The minimum Gasteiger partial charge on any atom is -0.461 e. The quantitative estimate of drug-likeness (QED) is 0.0313. The van der Waals surface area contributed by atoms with E-state index in [1.54, 1.807) is 0 Å². The van der Waals surface area contributed by atoms with Gasteiger partial charge < -0.3 is 35.6 Å². The maximum absolute atomic E-state index is 14.1. The molecule has 4 fully saturated rings. The normalized spacial score (nSPS) is 28.2. The highest BCUT2D eigenvalue weighted by Gasteiger charge is 2.65. The number of hydrogen-bond acceptors (Lipinski definition) is 7. The molecule has 10 atom stereocenters. The number of ether oxygens (including phenoxy) is 2. The Morgan fingerprint density at radius 1 is 0.636 bits per heavy atom. The molecular formula is C54H97N5O5S2. The number of fused-ring (bicyclic) bond motifs is 5. The number of esters is 2. The van der Waals surface area contributed by atoms with Crippen molar-refractivity contribution in [1.82, 2.24) is 26.2 Å². The van der Waals surface area contributed by atoms with Crippen molar-refractivity contribution in [2.24, 2.45) is 46.3 Å². The lowest BCUT2D eigenvalue weighted by Gasteiger charge is -2.62. The molecule has 1 amide bonds. The lowest BCUT2D eigenvalue weighted by atomic mass is 9.43. The highest BCUT2D eigenvalue weighted by atomic mass is 32.1. The number of hydrogen-bond donors (Lipinski definition) is 4. The monoisotopic (exact) mass is 960 g/mol. The largest absolute Gasteiger partial charge is 0.461 e. The summed E-state index contributed by atoms with van der Waals surface area (Å²) < 4.78 is 12.9. The molecule has 12 heteroatoms. The molecular weight excluding hydrogens is 863 g/mol. The fraction of sp³-hybridized carbons (Fsp3) is 0.907. The molecule has 4 rings (SSSR count). The van der Waals surface area contributed by atoms with Crippen molar-refractivity contribution in [3.8, 4) is 0 Å². The zero-order chi connectivity index (χ0) is 48.0. The first kappa shape index (κ1) is 56.4. The van der Waals surface area contributed by atoms with Crippen LogP contribution in [0.5, 0.6) is 0 Å². The first-order chi connectivity index (χ1) is 31.8. The third-order valence-corrected chi connectivity index (χ3v) is 17.7. The van der Waals surface area contributed by atoms with Crippen molar-refractivity contribution in [1.29, 1.82) is 0 Å². The molecule has 0 aromatic rings. The Kier molecular flexibility index (Phi) is 25.4. The summed E-state index contributed by atoms with van der Waals surface area (Å²) in [5, 5.41) is 13.6. The summed E-state index contributed by atoms with van der Waals surface area (Å²) in [6.45, 7) is 19.6. The Labute approximate surface area is 413 Å². The van der Waals surface area contributed by atoms with Crippen molar-refractivity contribution >= 4 is 52.5 Å². The van der Waals surface area contributed by atoms with Gasteiger partial charge in [-0.15, -0.1) is 0 Å². The molecule has 4 aliphatic carbocycles. The molecule has 0 aromatic carbocycles. The van der Waals surface area contributed by atoms with E-state index in [1.165, 1.54) is 64.2 Å². The van der Waals surface area contributed by atoms with Crippen molar-refractivity contribution < 1.29 is 23.9 Å². The number of nitrogens with one attached hydrogen (secondary N) is 4. The maximum Gasteiger partial charge on any atom is 0.325 e. The number of carbonyl (C=O) groups excluding carboxylic acids is 3. The molecule has 0 aromatic heterocycles. The van der Waals surface area contributed by atoms with Crippen LogP contribution < -0.4 is 21.3 Å². The molecule has 66 heavy (non-hydrogen) atoms. The molecule has 0 aliphatic heterocycles. The van der Waals surface area contributed by atoms with Gasteiger partial charge in [0.1, 0.15) is 25.3 Å². The summed E-state index contributed by atoms with van der Waals surface area (Å²) in [7, 11) is 0. The Morgan fingerprint density at radius 3 is 1.76 bits per heavy atom. The van der Waals surface area contributed by atoms with E-state index < -0.39 is 0 Å². The molecule has 4 aliphatic rings. The van der Waals surface area contributed by atoms with E-state index >= 15 is 0 Å². The lowest BCUT2D eigenvalue weighted by molar-refractivity contribution is -0.198. The predicted molar refractivity (Wildman–Crippen MR) is 279 cm³/mol. The van der Waals surface area contributed by atoms with E-state index in [0.29, 0.717) is 58.1 Å². The zero-order valence-electron chi connectivity index (χ0n) is 43.1. The Morgan fingerprint density at radius 2 is 1.18 bits per heavy atom. The van der Waals surface area contributed by atoms with Crippen LogP contribution >= 0.6 is 24.4 Å². The van der Waals surface area contributed by atoms with Crippen LogP contribution in [0.15, 0.2) is 0 Å². The van der Waals surface area contributed by atoms with Gasteiger partial charge in [-0.05, 0) is 149 Å². The predicted octanol–water partition coefficient (Wildman–Crippen LogP) is 11.6. The van der Waals surface area contributed by atoms with Crippen LogP contribution in [0.2, 0.25) is 0 Å². The van der Waals surface area contributed by atoms with Crippen molar-refractivity contribution in [3.05, 3.63) is 0 Å². The topological polar surface area (TPSA) is 121 Å². The molecule has 0 saturated heterocycles. The molecule has 0 heterocycles. The van der Waals surface area contributed by atoms with Gasteiger partial charge in [-0.2, -0.15) is 0 Å². The van der Waals surface area contributed by atoms with Crippen LogP contribution in [-0.2, 0) is 23.9 Å².